The van der Waals surface area contributed by atoms with Gasteiger partial charge in [-0.15, -0.1) is 0 Å². The molecular weight excluding hydrogens is 1350 g/mol. The van der Waals surface area contributed by atoms with E-state index in [4.69, 9.17) is 34.8 Å². The van der Waals surface area contributed by atoms with E-state index in [1.54, 1.807) is 22.7 Å². The van der Waals surface area contributed by atoms with Gasteiger partial charge in [-0.3, -0.25) is 0 Å². The number of anilines is 6. The molecule has 0 N–H and O–H groups in total. The first-order valence-electron chi connectivity index (χ1n) is 35.8. The van der Waals surface area contributed by atoms with Crippen LogP contribution in [-0.4, -0.2) is 63.9 Å². The van der Waals surface area contributed by atoms with E-state index in [0.717, 1.165) is 164 Å². The van der Waals surface area contributed by atoms with Gasteiger partial charge in [0.2, 0.25) is 0 Å². The molecule has 502 valence electrons. The maximum Gasteiger partial charge on any atom is -0.0179 e. The summed E-state index contributed by atoms with van der Waals surface area (Å²) in [5.74, 6) is 3.60. The van der Waals surface area contributed by atoms with Crippen molar-refractivity contribution in [1.29, 1.82) is 0 Å². The number of nitrogens with zero attached hydrogens (tertiary/aromatic N) is 6. The summed E-state index contributed by atoms with van der Waals surface area (Å²) in [7, 11) is 0. The SMILES string of the molecule is CCCCCCCCOc1ccc(N(c2ccc(OCCCCCCCC)cc2)c2ccc(-c3ccc(-c4c5c(c(-c6ccc(-c7ccc(N(c8ccc(OCCCCCCCC)cc8)c8ccc(OCCCCCCCC)cc8)cc7)s6)c6n[se]nc46)N=[Se]=N5)s3)cc2)cc1. The van der Waals surface area contributed by atoms with Crippen LogP contribution in [0.3, 0.4) is 0 Å². The van der Waals surface area contributed by atoms with Crippen LogP contribution in [0.1, 0.15) is 182 Å². The second kappa shape index (κ2) is 37.6. The van der Waals surface area contributed by atoms with Crippen molar-refractivity contribution in [2.75, 3.05) is 36.2 Å². The number of unbranched alkanes of at least 4 members (excludes halogenated alkanes) is 20. The van der Waals surface area contributed by atoms with E-state index in [1.165, 1.54) is 138 Å². The Balaban J connectivity index is 0.801. The van der Waals surface area contributed by atoms with Crippen LogP contribution < -0.4 is 28.7 Å². The van der Waals surface area contributed by atoms with Crippen LogP contribution in [0.4, 0.5) is 45.5 Å². The third kappa shape index (κ3) is 19.2. The molecule has 0 fully saturated rings. The van der Waals surface area contributed by atoms with Crippen LogP contribution >= 0.6 is 22.7 Å². The molecule has 3 aromatic heterocycles. The molecule has 0 saturated carbocycles. The van der Waals surface area contributed by atoms with Gasteiger partial charge in [0, 0.05) is 0 Å². The van der Waals surface area contributed by atoms with E-state index in [9.17, 15) is 0 Å². The fourth-order valence-corrected chi connectivity index (χ4v) is 16.9. The van der Waals surface area contributed by atoms with Gasteiger partial charge in [-0.05, 0) is 123 Å². The van der Waals surface area contributed by atoms with Crippen molar-refractivity contribution in [3.8, 4) is 64.8 Å². The fourth-order valence-electron chi connectivity index (χ4n) is 12.5. The average Bonchev–Trinajstić information content (AvgIpc) is 1.55. The first kappa shape index (κ1) is 70.3. The van der Waals surface area contributed by atoms with Gasteiger partial charge < -0.3 is 18.9 Å². The van der Waals surface area contributed by atoms with Crippen molar-refractivity contribution in [2.45, 2.75) is 182 Å². The Kier molecular flexibility index (Phi) is 27.6. The number of hydrogen-bond donors (Lipinski definition) is 0. The van der Waals surface area contributed by atoms with Crippen molar-refractivity contribution in [2.24, 2.45) is 7.92 Å². The van der Waals surface area contributed by atoms with Crippen molar-refractivity contribution >= 4 is 109 Å². The molecule has 4 heterocycles. The zero-order chi connectivity index (χ0) is 65.9. The number of fused-ring (bicyclic) bond motifs is 2. The third-order valence-electron chi connectivity index (χ3n) is 17.9. The van der Waals surface area contributed by atoms with E-state index in [-0.39, 0.29) is 29.5 Å². The minimum Gasteiger partial charge on any atom is -0.0344 e. The van der Waals surface area contributed by atoms with Gasteiger partial charge in [0.25, 0.3) is 0 Å². The monoisotopic (exact) mass is 1450 g/mol. The molecule has 0 radical (unpaired) electrons. The molecule has 14 heteroatoms. The second-order valence-corrected chi connectivity index (χ2v) is 29.6. The molecule has 96 heavy (non-hydrogen) atoms. The summed E-state index contributed by atoms with van der Waals surface area (Å²) >= 11 is 3.00. The summed E-state index contributed by atoms with van der Waals surface area (Å²) in [5.41, 5.74) is 14.5. The van der Waals surface area contributed by atoms with E-state index < -0.39 is 0 Å². The molecule has 0 bridgehead atoms. The molecule has 0 aliphatic carbocycles. The zero-order valence-electron chi connectivity index (χ0n) is 56.9. The Morgan fingerprint density at radius 1 is 0.292 bits per heavy atom. The van der Waals surface area contributed by atoms with Crippen LogP contribution in [0.25, 0.3) is 52.8 Å². The minimum atomic E-state index is -0.279. The second-order valence-electron chi connectivity index (χ2n) is 25.2. The van der Waals surface area contributed by atoms with Crippen molar-refractivity contribution < 1.29 is 18.9 Å². The van der Waals surface area contributed by atoms with Crippen LogP contribution in [0.5, 0.6) is 23.0 Å². The predicted octanol–water partition coefficient (Wildman–Crippen LogP) is 25.7. The Labute approximate surface area is 591 Å². The van der Waals surface area contributed by atoms with E-state index in [0.29, 0.717) is 0 Å². The number of ether oxygens (including phenoxy) is 4. The van der Waals surface area contributed by atoms with Crippen LogP contribution in [0.15, 0.2) is 178 Å². The molecule has 0 saturated heterocycles. The van der Waals surface area contributed by atoms with Gasteiger partial charge in [-0.2, -0.15) is 0 Å². The Hall–Kier alpha value is -7.02. The van der Waals surface area contributed by atoms with E-state index >= 15 is 0 Å². The Morgan fingerprint density at radius 3 is 0.823 bits per heavy atom. The Bertz CT molecular complexity index is 3630. The van der Waals surface area contributed by atoms with Crippen molar-refractivity contribution in [3.05, 3.63) is 170 Å². The van der Waals surface area contributed by atoms with Gasteiger partial charge in [0.05, 0.1) is 26.4 Å². The number of hydrogen-bond acceptors (Lipinski definition) is 12. The normalized spacial score (nSPS) is 11.7. The summed E-state index contributed by atoms with van der Waals surface area (Å²) in [4.78, 5) is 9.24. The van der Waals surface area contributed by atoms with E-state index in [1.807, 2.05) is 0 Å². The molecule has 10 aromatic rings. The number of benzene rings is 7. The number of thiophene rings is 2. The number of rotatable bonds is 42. The molecule has 10 nitrogen and oxygen atoms in total. The smallest absolute Gasteiger partial charge is 0.0179 e. The molecule has 0 spiro atoms. The standard InChI is InChI=1S/C82H96N6O4S2Se2/c1-5-9-13-17-21-25-57-89-69-45-37-65(38-46-69)87(66-39-47-70(48-40-66)90-58-26-22-18-14-10-6-2)63-33-29-61(30-34-63)73-53-55-75(93-73)77-79-81(85-95-83-79)78(82-80(77)84-96-86-82)76-56-54-74(94-76)62-31-35-64(36-32-62)88(67-41-49-71(50-42-67)91-59-27-23-19-15-11-7-3)68-43-51-72(52-44-68)92-60-28-24-20-16-12-8-4/h29-56H,5-28,57-60H2,1-4H3. The van der Waals surface area contributed by atoms with Gasteiger partial charge in [0.1, 0.15) is 23.0 Å². The first-order chi connectivity index (χ1) is 47.5. The summed E-state index contributed by atoms with van der Waals surface area (Å²) < 4.78 is 45.6. The van der Waals surface area contributed by atoms with Gasteiger partial charge >= 0.3 is 249 Å². The number of aromatic nitrogens is 2. The average molecular weight is 1450 g/mol. The summed E-state index contributed by atoms with van der Waals surface area (Å²) in [6, 6.07) is 61.1. The predicted molar refractivity (Wildman–Crippen MR) is 409 cm³/mol. The zero-order valence-corrected chi connectivity index (χ0v) is 62.0. The minimum absolute atomic E-state index is 0.279. The Morgan fingerprint density at radius 2 is 0.542 bits per heavy atom. The molecule has 0 unspecified atom stereocenters. The first-order valence-corrected chi connectivity index (χ1v) is 40.5. The van der Waals surface area contributed by atoms with E-state index in [2.05, 4.69) is 207 Å². The quantitative estimate of drug-likeness (QED) is 0.0276. The maximum absolute atomic E-state index is 6.24. The molecule has 1 aliphatic heterocycles. The summed E-state index contributed by atoms with van der Waals surface area (Å²) in [5, 5.41) is 0. The molecule has 11 rings (SSSR count). The van der Waals surface area contributed by atoms with Gasteiger partial charge in [-0.25, -0.2) is 0 Å². The molecule has 1 aliphatic rings. The third-order valence-corrected chi connectivity index (χ3v) is 22.4. The van der Waals surface area contributed by atoms with Crippen molar-refractivity contribution in [3.63, 3.8) is 0 Å². The summed E-state index contributed by atoms with van der Waals surface area (Å²) in [6.45, 7) is 12.0. The molecule has 7 aromatic carbocycles. The topological polar surface area (TPSA) is 93.9 Å². The van der Waals surface area contributed by atoms with Crippen LogP contribution in [0.2, 0.25) is 0 Å². The maximum atomic E-state index is 6.24. The molecule has 0 atom stereocenters. The largest absolute Gasteiger partial charge is 0.0344 e. The van der Waals surface area contributed by atoms with Gasteiger partial charge in [-0.1, -0.05) is 156 Å². The van der Waals surface area contributed by atoms with Crippen molar-refractivity contribution in [1.82, 2.24) is 7.96 Å². The van der Waals surface area contributed by atoms with Gasteiger partial charge in [0.15, 0.2) is 0 Å². The van der Waals surface area contributed by atoms with Crippen LogP contribution in [0, 0.1) is 0 Å². The summed E-state index contributed by atoms with van der Waals surface area (Å²) in [6.07, 6.45) is 29.8. The molecular formula is C82H96N6O4S2Se2. The fraction of sp³-hybridized carbons (Fsp3) is 0.390. The van der Waals surface area contributed by atoms with Crippen LogP contribution in [-0.2, 0) is 0 Å². The molecule has 0 amide bonds.